The van der Waals surface area contributed by atoms with Crippen molar-refractivity contribution >= 4 is 28.6 Å². The first kappa shape index (κ1) is 16.0. The van der Waals surface area contributed by atoms with E-state index in [0.717, 1.165) is 16.7 Å². The van der Waals surface area contributed by atoms with E-state index in [2.05, 4.69) is 0 Å². The fraction of sp³-hybridized carbons (Fsp3) is 0.0435. The van der Waals surface area contributed by atoms with Crippen LogP contribution in [0.25, 0.3) is 11.1 Å². The molecule has 0 radical (unpaired) electrons. The molecule has 26 heavy (non-hydrogen) atoms. The van der Waals surface area contributed by atoms with E-state index >= 15 is 0 Å². The molecule has 1 aliphatic rings. The predicted octanol–water partition coefficient (Wildman–Crippen LogP) is 4.48. The Bertz CT molecular complexity index is 942. The number of carbonyl (C=O) groups excluding carboxylic acids is 2. The highest BCUT2D eigenvalue weighted by molar-refractivity contribution is 6.56. The molecule has 0 saturated carbocycles. The predicted molar refractivity (Wildman–Crippen MR) is 103 cm³/mol. The van der Waals surface area contributed by atoms with Crippen LogP contribution in [-0.4, -0.2) is 11.8 Å². The zero-order valence-corrected chi connectivity index (χ0v) is 14.3. The maximum atomic E-state index is 13.2. The minimum absolute atomic E-state index is 0.288. The highest BCUT2D eigenvalue weighted by Gasteiger charge is 2.40. The summed E-state index contributed by atoms with van der Waals surface area (Å²) in [5.74, 6) is -0.576. The van der Waals surface area contributed by atoms with Gasteiger partial charge in [-0.25, -0.2) is 4.90 Å². The van der Waals surface area contributed by atoms with Crippen molar-refractivity contribution in [2.45, 2.75) is 6.92 Å². The molecule has 4 rings (SSSR count). The third kappa shape index (κ3) is 2.64. The molecule has 0 saturated heterocycles. The fourth-order valence-electron chi connectivity index (χ4n) is 3.20. The number of hydrogen-bond donors (Lipinski definition) is 0. The van der Waals surface area contributed by atoms with Crippen LogP contribution in [-0.2, 0) is 9.59 Å². The van der Waals surface area contributed by atoms with E-state index in [0.29, 0.717) is 16.8 Å². The molecule has 0 bridgehead atoms. The zero-order valence-electron chi connectivity index (χ0n) is 14.3. The molecule has 0 atom stereocenters. The molecule has 1 heterocycles. The topological polar surface area (TPSA) is 37.4 Å². The van der Waals surface area contributed by atoms with Crippen molar-refractivity contribution in [3.8, 4) is 0 Å². The van der Waals surface area contributed by atoms with Crippen LogP contribution in [0.15, 0.2) is 84.9 Å². The van der Waals surface area contributed by atoms with Crippen LogP contribution in [0, 0.1) is 6.92 Å². The monoisotopic (exact) mass is 339 g/mol. The summed E-state index contributed by atoms with van der Waals surface area (Å²) in [5, 5.41) is 0. The minimum atomic E-state index is -0.288. The number of anilines is 1. The molecule has 0 aliphatic carbocycles. The summed E-state index contributed by atoms with van der Waals surface area (Å²) in [6.45, 7) is 1.97. The van der Waals surface area contributed by atoms with Gasteiger partial charge < -0.3 is 0 Å². The second kappa shape index (κ2) is 6.45. The van der Waals surface area contributed by atoms with Crippen molar-refractivity contribution in [3.05, 3.63) is 102 Å². The lowest BCUT2D eigenvalue weighted by Gasteiger charge is -2.15. The number of amides is 2. The first-order valence-corrected chi connectivity index (χ1v) is 8.47. The van der Waals surface area contributed by atoms with Gasteiger partial charge in [0.1, 0.15) is 0 Å². The van der Waals surface area contributed by atoms with Crippen LogP contribution in [0.4, 0.5) is 5.69 Å². The maximum Gasteiger partial charge on any atom is 0.266 e. The second-order valence-corrected chi connectivity index (χ2v) is 6.26. The summed E-state index contributed by atoms with van der Waals surface area (Å²) >= 11 is 0. The third-order valence-electron chi connectivity index (χ3n) is 4.50. The maximum absolute atomic E-state index is 13.2. The normalized spacial score (nSPS) is 14.3. The van der Waals surface area contributed by atoms with E-state index in [1.807, 2.05) is 91.9 Å². The summed E-state index contributed by atoms with van der Waals surface area (Å²) < 4.78 is 0. The molecule has 3 heteroatoms. The molecule has 2 amide bonds. The van der Waals surface area contributed by atoms with E-state index in [9.17, 15) is 9.59 Å². The molecule has 3 aromatic rings. The van der Waals surface area contributed by atoms with Crippen molar-refractivity contribution in [2.24, 2.45) is 0 Å². The molecular weight excluding hydrogens is 322 g/mol. The van der Waals surface area contributed by atoms with Gasteiger partial charge in [-0.1, -0.05) is 78.4 Å². The Kier molecular flexibility index (Phi) is 3.98. The van der Waals surface area contributed by atoms with Crippen molar-refractivity contribution in [1.82, 2.24) is 0 Å². The standard InChI is InChI=1S/C23H17NO2/c1-16-12-14-19(15-13-16)24-22(25)20(17-8-4-2-5-9-17)21(23(24)26)18-10-6-3-7-11-18/h2-15H,1H3. The summed E-state index contributed by atoms with van der Waals surface area (Å²) in [6.07, 6.45) is 0. The van der Waals surface area contributed by atoms with Crippen molar-refractivity contribution in [2.75, 3.05) is 4.90 Å². The minimum Gasteiger partial charge on any atom is -0.268 e. The van der Waals surface area contributed by atoms with Crippen LogP contribution in [0.1, 0.15) is 16.7 Å². The quantitative estimate of drug-likeness (QED) is 0.660. The third-order valence-corrected chi connectivity index (χ3v) is 4.50. The Morgan fingerprint density at radius 3 is 1.42 bits per heavy atom. The molecule has 1 aliphatic heterocycles. The van der Waals surface area contributed by atoms with Gasteiger partial charge >= 0.3 is 0 Å². The van der Waals surface area contributed by atoms with Gasteiger partial charge in [-0.2, -0.15) is 0 Å². The van der Waals surface area contributed by atoms with Crippen LogP contribution in [0.2, 0.25) is 0 Å². The summed E-state index contributed by atoms with van der Waals surface area (Å²) in [7, 11) is 0. The van der Waals surface area contributed by atoms with Gasteiger partial charge in [0.25, 0.3) is 11.8 Å². The highest BCUT2D eigenvalue weighted by Crippen LogP contribution is 2.37. The van der Waals surface area contributed by atoms with Crippen LogP contribution >= 0.6 is 0 Å². The Hall–Kier alpha value is -3.46. The first-order valence-electron chi connectivity index (χ1n) is 8.47. The number of nitrogens with zero attached hydrogens (tertiary/aromatic N) is 1. The number of hydrogen-bond acceptors (Lipinski definition) is 2. The Balaban J connectivity index is 1.90. The number of rotatable bonds is 3. The Morgan fingerprint density at radius 2 is 1.00 bits per heavy atom. The molecule has 3 aromatic carbocycles. The van der Waals surface area contributed by atoms with Gasteiger partial charge in [0.15, 0.2) is 0 Å². The van der Waals surface area contributed by atoms with Crippen molar-refractivity contribution in [1.29, 1.82) is 0 Å². The second-order valence-electron chi connectivity index (χ2n) is 6.26. The van der Waals surface area contributed by atoms with E-state index in [1.165, 1.54) is 4.90 Å². The van der Waals surface area contributed by atoms with Crippen LogP contribution in [0.5, 0.6) is 0 Å². The van der Waals surface area contributed by atoms with E-state index < -0.39 is 0 Å². The Labute approximate surface area is 152 Å². The molecule has 0 spiro atoms. The van der Waals surface area contributed by atoms with Crippen molar-refractivity contribution in [3.63, 3.8) is 0 Å². The lowest BCUT2D eigenvalue weighted by molar-refractivity contribution is -0.119. The van der Waals surface area contributed by atoms with E-state index in [-0.39, 0.29) is 11.8 Å². The first-order chi connectivity index (χ1) is 12.7. The number of aryl methyl sites for hydroxylation is 1. The van der Waals surface area contributed by atoms with E-state index in [1.54, 1.807) is 0 Å². The van der Waals surface area contributed by atoms with Gasteiger partial charge in [-0.05, 0) is 30.2 Å². The number of carbonyl (C=O) groups is 2. The van der Waals surface area contributed by atoms with Gasteiger partial charge in [0, 0.05) is 0 Å². The van der Waals surface area contributed by atoms with Gasteiger partial charge in [-0.15, -0.1) is 0 Å². The number of benzene rings is 3. The summed E-state index contributed by atoms with van der Waals surface area (Å²) in [6, 6.07) is 26.1. The Morgan fingerprint density at radius 1 is 0.577 bits per heavy atom. The lowest BCUT2D eigenvalue weighted by atomic mass is 9.96. The molecule has 126 valence electrons. The smallest absolute Gasteiger partial charge is 0.266 e. The molecule has 0 N–H and O–H groups in total. The van der Waals surface area contributed by atoms with E-state index in [4.69, 9.17) is 0 Å². The molecule has 3 nitrogen and oxygen atoms in total. The van der Waals surface area contributed by atoms with Crippen LogP contribution in [0.3, 0.4) is 0 Å². The SMILES string of the molecule is Cc1ccc(N2C(=O)C(c3ccccc3)=C(c3ccccc3)C2=O)cc1. The fourth-order valence-corrected chi connectivity index (χ4v) is 3.20. The molecule has 0 fully saturated rings. The summed E-state index contributed by atoms with van der Waals surface area (Å²) in [5.41, 5.74) is 4.06. The van der Waals surface area contributed by atoms with Gasteiger partial charge in [0.05, 0.1) is 16.8 Å². The largest absolute Gasteiger partial charge is 0.268 e. The number of imide groups is 1. The average Bonchev–Trinajstić information content (AvgIpc) is 2.94. The van der Waals surface area contributed by atoms with Crippen LogP contribution < -0.4 is 4.90 Å². The zero-order chi connectivity index (χ0) is 18.1. The highest BCUT2D eigenvalue weighted by atomic mass is 16.2. The van der Waals surface area contributed by atoms with Gasteiger partial charge in [-0.3, -0.25) is 9.59 Å². The van der Waals surface area contributed by atoms with Crippen molar-refractivity contribution < 1.29 is 9.59 Å². The average molecular weight is 339 g/mol. The lowest BCUT2D eigenvalue weighted by Crippen LogP contribution is -2.31. The summed E-state index contributed by atoms with van der Waals surface area (Å²) in [4.78, 5) is 27.7. The van der Waals surface area contributed by atoms with Gasteiger partial charge in [0.2, 0.25) is 0 Å². The molecule has 0 unspecified atom stereocenters. The molecular formula is C23H17NO2. The molecule has 0 aromatic heterocycles.